The minimum absolute atomic E-state index is 0. The van der Waals surface area contributed by atoms with Gasteiger partial charge in [-0.15, -0.1) is 12.4 Å². The largest absolute Gasteiger partial charge is 0.481 e. The van der Waals surface area contributed by atoms with Crippen molar-refractivity contribution in [2.45, 2.75) is 12.5 Å². The van der Waals surface area contributed by atoms with Crippen LogP contribution in [0.5, 0.6) is 0 Å². The lowest BCUT2D eigenvalue weighted by atomic mass is 10.1. The molecule has 1 rings (SSSR count). The average Bonchev–Trinajstić information content (AvgIpc) is 2.03. The fourth-order valence-electron chi connectivity index (χ4n) is 0.923. The fraction of sp³-hybridized carbons (Fsp3) is 0.250. The summed E-state index contributed by atoms with van der Waals surface area (Å²) in [4.78, 5) is 14.2. The van der Waals surface area contributed by atoms with Crippen molar-refractivity contribution in [1.29, 1.82) is 0 Å². The fourth-order valence-corrected chi connectivity index (χ4v) is 1.09. The van der Waals surface area contributed by atoms with Gasteiger partial charge in [-0.3, -0.25) is 4.79 Å². The van der Waals surface area contributed by atoms with E-state index < -0.39 is 12.0 Å². The van der Waals surface area contributed by atoms with Crippen molar-refractivity contribution in [2.75, 3.05) is 0 Å². The summed E-state index contributed by atoms with van der Waals surface area (Å²) in [5.74, 6) is -0.950. The molecule has 14 heavy (non-hydrogen) atoms. The zero-order valence-electron chi connectivity index (χ0n) is 7.18. The molecule has 0 saturated carbocycles. The molecular weight excluding hydrogens is 227 g/mol. The summed E-state index contributed by atoms with van der Waals surface area (Å²) in [5, 5.41) is 8.79. The number of aliphatic carboxylic acids is 1. The number of carboxylic acid groups (broad SMARTS) is 1. The minimum atomic E-state index is -0.950. The SMILES string of the molecule is Cl.NC(CC(=O)O)c1cccc(Cl)n1. The van der Waals surface area contributed by atoms with Gasteiger partial charge in [0.25, 0.3) is 0 Å². The summed E-state index contributed by atoms with van der Waals surface area (Å²) in [5.41, 5.74) is 6.06. The number of pyridine rings is 1. The number of hydrogen-bond donors (Lipinski definition) is 2. The molecule has 1 aromatic heterocycles. The van der Waals surface area contributed by atoms with Crippen molar-refractivity contribution in [3.05, 3.63) is 29.0 Å². The molecule has 0 aliphatic carbocycles. The molecule has 0 spiro atoms. The summed E-state index contributed by atoms with van der Waals surface area (Å²) in [6.45, 7) is 0. The quantitative estimate of drug-likeness (QED) is 0.783. The van der Waals surface area contributed by atoms with Crippen molar-refractivity contribution < 1.29 is 9.90 Å². The number of carboxylic acids is 1. The molecule has 0 aliphatic heterocycles. The summed E-state index contributed by atoms with van der Waals surface area (Å²) in [6.07, 6.45) is -0.145. The van der Waals surface area contributed by atoms with Crippen molar-refractivity contribution in [1.82, 2.24) is 4.98 Å². The number of nitrogens with two attached hydrogens (primary N) is 1. The predicted octanol–water partition coefficient (Wildman–Crippen LogP) is 1.63. The van der Waals surface area contributed by atoms with Crippen LogP contribution in [-0.4, -0.2) is 16.1 Å². The molecule has 6 heteroatoms. The van der Waals surface area contributed by atoms with Gasteiger partial charge in [0.15, 0.2) is 0 Å². The maximum absolute atomic E-state index is 10.3. The first-order chi connectivity index (χ1) is 6.09. The lowest BCUT2D eigenvalue weighted by Gasteiger charge is -2.07. The van der Waals surface area contributed by atoms with E-state index in [0.29, 0.717) is 10.8 Å². The van der Waals surface area contributed by atoms with E-state index in [0.717, 1.165) is 0 Å². The van der Waals surface area contributed by atoms with E-state index in [2.05, 4.69) is 4.98 Å². The molecule has 0 amide bonds. The van der Waals surface area contributed by atoms with E-state index in [4.69, 9.17) is 22.4 Å². The molecule has 4 nitrogen and oxygen atoms in total. The van der Waals surface area contributed by atoms with E-state index in [1.54, 1.807) is 18.2 Å². The summed E-state index contributed by atoms with van der Waals surface area (Å²) in [6, 6.07) is 4.35. The first kappa shape index (κ1) is 13.2. The van der Waals surface area contributed by atoms with E-state index in [1.807, 2.05) is 0 Å². The minimum Gasteiger partial charge on any atom is -0.481 e. The molecule has 1 unspecified atom stereocenters. The standard InChI is InChI=1S/C8H9ClN2O2.ClH/c9-7-3-1-2-6(11-7)5(10)4-8(12)13;/h1-3,5H,4,10H2,(H,12,13);1H. The molecule has 0 fully saturated rings. The van der Waals surface area contributed by atoms with E-state index in [9.17, 15) is 4.79 Å². The molecule has 0 bridgehead atoms. The van der Waals surface area contributed by atoms with Gasteiger partial charge in [0.2, 0.25) is 0 Å². The van der Waals surface area contributed by atoms with Crippen molar-refractivity contribution in [2.24, 2.45) is 5.73 Å². The molecule has 78 valence electrons. The van der Waals surface area contributed by atoms with Gasteiger partial charge in [0, 0.05) is 0 Å². The van der Waals surface area contributed by atoms with Crippen LogP contribution >= 0.6 is 24.0 Å². The van der Waals surface area contributed by atoms with Gasteiger partial charge in [-0.1, -0.05) is 17.7 Å². The number of halogens is 2. The van der Waals surface area contributed by atoms with Crippen molar-refractivity contribution in [3.8, 4) is 0 Å². The van der Waals surface area contributed by atoms with Crippen LogP contribution in [-0.2, 0) is 4.79 Å². The number of nitrogens with zero attached hydrogens (tertiary/aromatic N) is 1. The second-order valence-electron chi connectivity index (χ2n) is 2.59. The number of carbonyl (C=O) groups is 1. The van der Waals surface area contributed by atoms with Gasteiger partial charge in [-0.05, 0) is 12.1 Å². The molecule has 1 aromatic rings. The van der Waals surface area contributed by atoms with Gasteiger partial charge >= 0.3 is 5.97 Å². The first-order valence-corrected chi connectivity index (χ1v) is 4.07. The van der Waals surface area contributed by atoms with E-state index >= 15 is 0 Å². The molecule has 0 aliphatic rings. The zero-order valence-corrected chi connectivity index (χ0v) is 8.76. The Balaban J connectivity index is 0.00000169. The van der Waals surface area contributed by atoms with Crippen molar-refractivity contribution >= 4 is 30.0 Å². The molecular formula is C8H10Cl2N2O2. The second kappa shape index (κ2) is 5.80. The Hall–Kier alpha value is -0.840. The topological polar surface area (TPSA) is 76.2 Å². The number of rotatable bonds is 3. The molecule has 3 N–H and O–H groups in total. The third-order valence-corrected chi connectivity index (χ3v) is 1.72. The summed E-state index contributed by atoms with van der Waals surface area (Å²) in [7, 11) is 0. The monoisotopic (exact) mass is 236 g/mol. The Morgan fingerprint density at radius 2 is 2.29 bits per heavy atom. The number of hydrogen-bond acceptors (Lipinski definition) is 3. The van der Waals surface area contributed by atoms with Gasteiger partial charge in [0.1, 0.15) is 5.15 Å². The normalized spacial score (nSPS) is 11.6. The van der Waals surface area contributed by atoms with Crippen LogP contribution in [0.15, 0.2) is 18.2 Å². The Morgan fingerprint density at radius 3 is 2.79 bits per heavy atom. The van der Waals surface area contributed by atoms with Gasteiger partial charge in [-0.2, -0.15) is 0 Å². The highest BCUT2D eigenvalue weighted by atomic mass is 35.5. The molecule has 1 atom stereocenters. The molecule has 0 radical (unpaired) electrons. The smallest absolute Gasteiger partial charge is 0.305 e. The molecule has 0 aromatic carbocycles. The third-order valence-electron chi connectivity index (χ3n) is 1.51. The summed E-state index contributed by atoms with van der Waals surface area (Å²) >= 11 is 5.61. The van der Waals surface area contributed by atoms with Gasteiger partial charge in [0.05, 0.1) is 18.2 Å². The highest BCUT2D eigenvalue weighted by Gasteiger charge is 2.11. The third kappa shape index (κ3) is 3.91. The summed E-state index contributed by atoms with van der Waals surface area (Å²) < 4.78 is 0. The maximum atomic E-state index is 10.3. The van der Waals surface area contributed by atoms with E-state index in [-0.39, 0.29) is 18.8 Å². The lowest BCUT2D eigenvalue weighted by molar-refractivity contribution is -0.137. The van der Waals surface area contributed by atoms with Crippen LogP contribution in [0, 0.1) is 0 Å². The van der Waals surface area contributed by atoms with Crippen LogP contribution in [0.4, 0.5) is 0 Å². The van der Waals surface area contributed by atoms with Crippen LogP contribution in [0.2, 0.25) is 5.15 Å². The van der Waals surface area contributed by atoms with E-state index in [1.165, 1.54) is 0 Å². The average molecular weight is 237 g/mol. The Labute approximate surface area is 92.5 Å². The Kier molecular flexibility index (Phi) is 5.45. The maximum Gasteiger partial charge on any atom is 0.305 e. The Bertz CT molecular complexity index is 320. The molecule has 1 heterocycles. The van der Waals surface area contributed by atoms with Crippen LogP contribution in [0.25, 0.3) is 0 Å². The highest BCUT2D eigenvalue weighted by molar-refractivity contribution is 6.29. The lowest BCUT2D eigenvalue weighted by Crippen LogP contribution is -2.16. The van der Waals surface area contributed by atoms with Gasteiger partial charge in [-0.25, -0.2) is 4.98 Å². The van der Waals surface area contributed by atoms with Crippen LogP contribution < -0.4 is 5.73 Å². The zero-order chi connectivity index (χ0) is 9.84. The predicted molar refractivity (Wildman–Crippen MR) is 55.7 cm³/mol. The van der Waals surface area contributed by atoms with Crippen LogP contribution in [0.3, 0.4) is 0 Å². The van der Waals surface area contributed by atoms with Crippen molar-refractivity contribution in [3.63, 3.8) is 0 Å². The highest BCUT2D eigenvalue weighted by Crippen LogP contribution is 2.13. The second-order valence-corrected chi connectivity index (χ2v) is 2.98. The van der Waals surface area contributed by atoms with Crippen LogP contribution in [0.1, 0.15) is 18.2 Å². The first-order valence-electron chi connectivity index (χ1n) is 3.69. The van der Waals surface area contributed by atoms with Gasteiger partial charge < -0.3 is 10.8 Å². The molecule has 0 saturated heterocycles. The number of aromatic nitrogens is 1. The Morgan fingerprint density at radius 1 is 1.64 bits per heavy atom.